The largest absolute Gasteiger partial charge is 0.488 e. The van der Waals surface area contributed by atoms with Crippen molar-refractivity contribution in [1.82, 2.24) is 25.0 Å². The number of anilines is 1. The van der Waals surface area contributed by atoms with Crippen LogP contribution in [-0.2, 0) is 0 Å². The molecule has 0 saturated heterocycles. The SMILES string of the molecule is CC(C)(C)Oc1ccc(-n2nnc3cnc(NC4CCCC4)nc32)cc1.CO. The van der Waals surface area contributed by atoms with E-state index < -0.39 is 0 Å². The van der Waals surface area contributed by atoms with E-state index in [0.717, 1.165) is 18.5 Å². The molecule has 2 heterocycles. The van der Waals surface area contributed by atoms with Crippen molar-refractivity contribution in [3.8, 4) is 11.4 Å². The highest BCUT2D eigenvalue weighted by atomic mass is 16.5. The van der Waals surface area contributed by atoms with Crippen LogP contribution in [0, 0.1) is 0 Å². The number of ether oxygens (including phenoxy) is 1. The summed E-state index contributed by atoms with van der Waals surface area (Å²) in [5.74, 6) is 1.46. The number of fused-ring (bicyclic) bond motifs is 1. The Labute approximate surface area is 165 Å². The minimum atomic E-state index is -0.227. The second-order valence-electron chi connectivity index (χ2n) is 7.74. The maximum absolute atomic E-state index is 7.00. The summed E-state index contributed by atoms with van der Waals surface area (Å²) in [4.78, 5) is 9.02. The van der Waals surface area contributed by atoms with Gasteiger partial charge in [0, 0.05) is 13.2 Å². The Morgan fingerprint density at radius 3 is 2.43 bits per heavy atom. The summed E-state index contributed by atoms with van der Waals surface area (Å²) in [6, 6.07) is 8.26. The van der Waals surface area contributed by atoms with Crippen molar-refractivity contribution in [1.29, 1.82) is 0 Å². The Balaban J connectivity index is 0.00000109. The van der Waals surface area contributed by atoms with E-state index in [9.17, 15) is 0 Å². The third kappa shape index (κ3) is 4.75. The molecule has 28 heavy (non-hydrogen) atoms. The normalized spacial score (nSPS) is 14.6. The van der Waals surface area contributed by atoms with E-state index in [2.05, 4.69) is 25.6 Å². The van der Waals surface area contributed by atoms with Gasteiger partial charge in [0.1, 0.15) is 11.4 Å². The molecule has 1 aliphatic rings. The molecule has 150 valence electrons. The molecular formula is C20H28N6O2. The lowest BCUT2D eigenvalue weighted by atomic mass is 10.2. The van der Waals surface area contributed by atoms with E-state index in [0.29, 0.717) is 23.2 Å². The summed E-state index contributed by atoms with van der Waals surface area (Å²) in [7, 11) is 1.00. The van der Waals surface area contributed by atoms with Gasteiger partial charge in [0.25, 0.3) is 0 Å². The van der Waals surface area contributed by atoms with Crippen molar-refractivity contribution in [2.24, 2.45) is 0 Å². The number of aromatic nitrogens is 5. The Bertz CT molecular complexity index is 895. The lowest BCUT2D eigenvalue weighted by Crippen LogP contribution is -2.22. The van der Waals surface area contributed by atoms with Crippen molar-refractivity contribution < 1.29 is 9.84 Å². The van der Waals surface area contributed by atoms with Crippen LogP contribution in [0.5, 0.6) is 5.75 Å². The molecule has 1 fully saturated rings. The van der Waals surface area contributed by atoms with Gasteiger partial charge in [-0.15, -0.1) is 5.10 Å². The van der Waals surface area contributed by atoms with Gasteiger partial charge in [0.15, 0.2) is 11.2 Å². The van der Waals surface area contributed by atoms with Gasteiger partial charge in [0.05, 0.1) is 11.9 Å². The second kappa shape index (κ2) is 8.52. The van der Waals surface area contributed by atoms with E-state index in [-0.39, 0.29) is 5.60 Å². The van der Waals surface area contributed by atoms with Crippen molar-refractivity contribution in [2.45, 2.75) is 58.1 Å². The van der Waals surface area contributed by atoms with E-state index >= 15 is 0 Å². The smallest absolute Gasteiger partial charge is 0.225 e. The number of nitrogens with one attached hydrogen (secondary N) is 1. The quantitative estimate of drug-likeness (QED) is 0.712. The lowest BCUT2D eigenvalue weighted by molar-refractivity contribution is 0.131. The molecule has 1 aromatic carbocycles. The third-order valence-corrected chi connectivity index (χ3v) is 4.39. The first-order chi connectivity index (χ1) is 13.5. The maximum atomic E-state index is 7.00. The first-order valence-electron chi connectivity index (χ1n) is 9.57. The van der Waals surface area contributed by atoms with Crippen LogP contribution in [0.1, 0.15) is 46.5 Å². The molecule has 0 unspecified atom stereocenters. The molecule has 2 aromatic heterocycles. The van der Waals surface area contributed by atoms with Gasteiger partial charge in [-0.1, -0.05) is 18.1 Å². The van der Waals surface area contributed by atoms with E-state index in [1.807, 2.05) is 45.0 Å². The van der Waals surface area contributed by atoms with Crippen molar-refractivity contribution >= 4 is 17.1 Å². The highest BCUT2D eigenvalue weighted by Gasteiger charge is 2.17. The first-order valence-corrected chi connectivity index (χ1v) is 9.57. The van der Waals surface area contributed by atoms with Gasteiger partial charge in [-0.3, -0.25) is 0 Å². The van der Waals surface area contributed by atoms with Crippen LogP contribution in [0.2, 0.25) is 0 Å². The number of aliphatic hydroxyl groups is 1. The Hall–Kier alpha value is -2.74. The van der Waals surface area contributed by atoms with E-state index in [1.54, 1.807) is 10.9 Å². The van der Waals surface area contributed by atoms with Gasteiger partial charge in [0.2, 0.25) is 5.95 Å². The van der Waals surface area contributed by atoms with Crippen molar-refractivity contribution in [3.63, 3.8) is 0 Å². The first kappa shape index (κ1) is 20.0. The number of benzene rings is 1. The molecule has 1 aliphatic carbocycles. The molecule has 3 aromatic rings. The highest BCUT2D eigenvalue weighted by Crippen LogP contribution is 2.23. The highest BCUT2D eigenvalue weighted by molar-refractivity contribution is 5.72. The second-order valence-corrected chi connectivity index (χ2v) is 7.74. The molecule has 0 spiro atoms. The molecule has 0 amide bonds. The summed E-state index contributed by atoms with van der Waals surface area (Å²) in [5, 5.41) is 18.8. The molecule has 8 nitrogen and oxygen atoms in total. The minimum absolute atomic E-state index is 0.227. The summed E-state index contributed by atoms with van der Waals surface area (Å²) in [6.07, 6.45) is 6.60. The molecule has 0 aliphatic heterocycles. The fourth-order valence-electron chi connectivity index (χ4n) is 3.23. The van der Waals surface area contributed by atoms with E-state index in [1.165, 1.54) is 25.7 Å². The van der Waals surface area contributed by atoms with Crippen LogP contribution in [0.25, 0.3) is 16.9 Å². The number of rotatable bonds is 4. The summed E-state index contributed by atoms with van der Waals surface area (Å²) < 4.78 is 7.61. The van der Waals surface area contributed by atoms with Gasteiger partial charge >= 0.3 is 0 Å². The van der Waals surface area contributed by atoms with Gasteiger partial charge in [-0.2, -0.15) is 9.67 Å². The fourth-order valence-corrected chi connectivity index (χ4v) is 3.23. The summed E-state index contributed by atoms with van der Waals surface area (Å²) in [6.45, 7) is 6.09. The zero-order valence-corrected chi connectivity index (χ0v) is 16.9. The third-order valence-electron chi connectivity index (χ3n) is 4.39. The minimum Gasteiger partial charge on any atom is -0.488 e. The average molecular weight is 384 g/mol. The van der Waals surface area contributed by atoms with E-state index in [4.69, 9.17) is 9.84 Å². The fraction of sp³-hybridized carbons (Fsp3) is 0.500. The van der Waals surface area contributed by atoms with Crippen LogP contribution in [0.15, 0.2) is 30.5 Å². The molecule has 4 rings (SSSR count). The maximum Gasteiger partial charge on any atom is 0.225 e. The molecule has 1 saturated carbocycles. The number of hydrogen-bond donors (Lipinski definition) is 2. The van der Waals surface area contributed by atoms with Crippen LogP contribution in [0.3, 0.4) is 0 Å². The predicted octanol–water partition coefficient (Wildman–Crippen LogP) is 3.35. The van der Waals surface area contributed by atoms with Crippen LogP contribution >= 0.6 is 0 Å². The summed E-state index contributed by atoms with van der Waals surface area (Å²) in [5.41, 5.74) is 2.04. The van der Waals surface area contributed by atoms with Crippen molar-refractivity contribution in [2.75, 3.05) is 12.4 Å². The Morgan fingerprint density at radius 1 is 1.11 bits per heavy atom. The Morgan fingerprint density at radius 2 is 1.79 bits per heavy atom. The average Bonchev–Trinajstić information content (AvgIpc) is 3.32. The predicted molar refractivity (Wildman–Crippen MR) is 109 cm³/mol. The lowest BCUT2D eigenvalue weighted by Gasteiger charge is -2.21. The number of hydrogen-bond acceptors (Lipinski definition) is 7. The van der Waals surface area contributed by atoms with Crippen LogP contribution < -0.4 is 10.1 Å². The molecule has 8 heteroatoms. The molecule has 0 atom stereocenters. The van der Waals surface area contributed by atoms with Gasteiger partial charge in [-0.05, 0) is 57.9 Å². The number of nitrogens with zero attached hydrogens (tertiary/aromatic N) is 5. The monoisotopic (exact) mass is 384 g/mol. The molecule has 0 radical (unpaired) electrons. The van der Waals surface area contributed by atoms with Gasteiger partial charge < -0.3 is 15.2 Å². The molecular weight excluding hydrogens is 356 g/mol. The molecule has 0 bridgehead atoms. The zero-order valence-electron chi connectivity index (χ0n) is 16.9. The Kier molecular flexibility index (Phi) is 6.08. The van der Waals surface area contributed by atoms with Crippen LogP contribution in [-0.4, -0.2) is 48.8 Å². The van der Waals surface area contributed by atoms with Crippen molar-refractivity contribution in [3.05, 3.63) is 30.5 Å². The van der Waals surface area contributed by atoms with Crippen LogP contribution in [0.4, 0.5) is 5.95 Å². The zero-order chi connectivity index (χ0) is 20.1. The standard InChI is InChI=1S/C19H24N6O.CH4O/c1-19(2,3)26-15-10-8-14(9-11-15)25-17-16(23-24-25)12-20-18(22-17)21-13-6-4-5-7-13;1-2/h8-13H,4-7H2,1-3H3,(H,20,21,22);2H,1H3. The number of aliphatic hydroxyl groups excluding tert-OH is 1. The van der Waals surface area contributed by atoms with Gasteiger partial charge in [-0.25, -0.2) is 4.98 Å². The molecule has 2 N–H and O–H groups in total. The summed E-state index contributed by atoms with van der Waals surface area (Å²) >= 11 is 0. The topological polar surface area (TPSA) is 98.0 Å².